The number of hydrogen-bond acceptors (Lipinski definition) is 9. The summed E-state index contributed by atoms with van der Waals surface area (Å²) in [5.41, 5.74) is 8.37. The van der Waals surface area contributed by atoms with Crippen molar-refractivity contribution in [3.63, 3.8) is 0 Å². The summed E-state index contributed by atoms with van der Waals surface area (Å²) in [7, 11) is 3.34. The van der Waals surface area contributed by atoms with E-state index in [0.717, 1.165) is 18.8 Å². The first-order valence-corrected chi connectivity index (χ1v) is 12.1. The third kappa shape index (κ3) is 6.71. The van der Waals surface area contributed by atoms with Gasteiger partial charge in [-0.05, 0) is 38.0 Å². The fourth-order valence-corrected chi connectivity index (χ4v) is 4.14. The van der Waals surface area contributed by atoms with Gasteiger partial charge in [-0.25, -0.2) is 15.0 Å². The van der Waals surface area contributed by atoms with Gasteiger partial charge in [-0.2, -0.15) is 0 Å². The average molecular weight is 495 g/mol. The predicted octanol–water partition coefficient (Wildman–Crippen LogP) is 4.10. The minimum Gasteiger partial charge on any atom is -0.481 e. The molecule has 35 heavy (non-hydrogen) atoms. The number of likely N-dealkylation sites (N-methyl/N-ethyl adjacent to an activating group) is 1. The van der Waals surface area contributed by atoms with E-state index >= 15 is 0 Å². The lowest BCUT2D eigenvalue weighted by Crippen LogP contribution is -2.28. The molecule has 0 fully saturated rings. The number of thiophene rings is 1. The average Bonchev–Trinajstić information content (AvgIpc) is 3.33. The Morgan fingerprint density at radius 2 is 1.91 bits per heavy atom. The van der Waals surface area contributed by atoms with Gasteiger partial charge in [0.15, 0.2) is 5.82 Å². The second kappa shape index (κ2) is 12.7. The first-order chi connectivity index (χ1) is 17.0. The molecule has 0 aromatic carbocycles. The van der Waals surface area contributed by atoms with E-state index in [4.69, 9.17) is 15.2 Å². The quantitative estimate of drug-likeness (QED) is 0.389. The summed E-state index contributed by atoms with van der Waals surface area (Å²) in [6.45, 7) is 6.21. The summed E-state index contributed by atoms with van der Waals surface area (Å²) in [5.74, 6) is 1.16. The smallest absolute Gasteiger partial charge is 0.255 e. The number of ether oxygens (including phenoxy) is 2. The highest BCUT2D eigenvalue weighted by Gasteiger charge is 2.21. The van der Waals surface area contributed by atoms with Crippen LogP contribution in [0.3, 0.4) is 0 Å². The molecule has 0 saturated heterocycles. The van der Waals surface area contributed by atoms with Crippen molar-refractivity contribution in [2.24, 2.45) is 0 Å². The number of fused-ring (bicyclic) bond motifs is 1. The molecule has 4 aromatic rings. The molecule has 0 aliphatic heterocycles. The van der Waals surface area contributed by atoms with Gasteiger partial charge in [0.1, 0.15) is 16.3 Å². The molecule has 0 atom stereocenters. The van der Waals surface area contributed by atoms with Gasteiger partial charge >= 0.3 is 0 Å². The van der Waals surface area contributed by atoms with E-state index in [2.05, 4.69) is 19.9 Å². The third-order valence-electron chi connectivity index (χ3n) is 5.08. The minimum absolute atomic E-state index is 0.122. The van der Waals surface area contributed by atoms with Crippen molar-refractivity contribution in [1.29, 1.82) is 0 Å². The summed E-state index contributed by atoms with van der Waals surface area (Å²) >= 11 is 1.37. The van der Waals surface area contributed by atoms with Crippen molar-refractivity contribution < 1.29 is 14.3 Å². The van der Waals surface area contributed by atoms with E-state index in [1.807, 2.05) is 38.1 Å². The van der Waals surface area contributed by atoms with E-state index in [-0.39, 0.29) is 11.7 Å². The van der Waals surface area contributed by atoms with Crippen LogP contribution < -0.4 is 10.5 Å². The maximum atomic E-state index is 13.0. The number of aromatic nitrogens is 4. The zero-order chi connectivity index (χ0) is 25.2. The molecule has 0 spiro atoms. The van der Waals surface area contributed by atoms with E-state index < -0.39 is 0 Å². The number of nitrogen functional groups attached to an aromatic ring is 1. The fourth-order valence-electron chi connectivity index (χ4n) is 3.22. The van der Waals surface area contributed by atoms with E-state index in [9.17, 15) is 4.79 Å². The molecule has 184 valence electrons. The fraction of sp³-hybridized carbons (Fsp3) is 0.320. The van der Waals surface area contributed by atoms with Gasteiger partial charge in [0.2, 0.25) is 5.88 Å². The molecule has 0 unspecified atom stereocenters. The van der Waals surface area contributed by atoms with Crippen molar-refractivity contribution in [3.05, 3.63) is 59.2 Å². The minimum atomic E-state index is -0.122. The molecule has 4 heterocycles. The summed E-state index contributed by atoms with van der Waals surface area (Å²) in [6, 6.07) is 9.26. The molecule has 0 radical (unpaired) electrons. The van der Waals surface area contributed by atoms with Gasteiger partial charge in [0.25, 0.3) is 5.91 Å². The molecule has 2 N–H and O–H groups in total. The molecule has 9 nitrogen and oxygen atoms in total. The van der Waals surface area contributed by atoms with Crippen LogP contribution in [-0.4, -0.2) is 64.7 Å². The van der Waals surface area contributed by atoms with Gasteiger partial charge in [0.05, 0.1) is 18.1 Å². The van der Waals surface area contributed by atoms with Crippen LogP contribution in [0.5, 0.6) is 5.88 Å². The van der Waals surface area contributed by atoms with Crippen LogP contribution in [0.2, 0.25) is 0 Å². The van der Waals surface area contributed by atoms with Crippen LogP contribution in [0, 0.1) is 0 Å². The number of carbonyl (C=O) groups is 1. The number of anilines is 1. The van der Waals surface area contributed by atoms with E-state index in [1.54, 1.807) is 42.9 Å². The Bertz CT molecular complexity index is 1230. The Balaban J connectivity index is 0.000000623. The number of nitrogens with zero attached hydrogens (tertiary/aromatic N) is 5. The Morgan fingerprint density at radius 3 is 2.51 bits per heavy atom. The van der Waals surface area contributed by atoms with Gasteiger partial charge < -0.3 is 20.1 Å². The van der Waals surface area contributed by atoms with Gasteiger partial charge in [0, 0.05) is 50.6 Å². The highest BCUT2D eigenvalue weighted by atomic mass is 32.1. The number of hydrogen-bond donors (Lipinski definition) is 1. The number of amides is 1. The van der Waals surface area contributed by atoms with Crippen LogP contribution in [0.4, 0.5) is 5.82 Å². The summed E-state index contributed by atoms with van der Waals surface area (Å²) in [6.07, 6.45) is 4.11. The van der Waals surface area contributed by atoms with Crippen molar-refractivity contribution in [2.45, 2.75) is 20.3 Å². The molecule has 10 heteroatoms. The highest BCUT2D eigenvalue weighted by molar-refractivity contribution is 7.17. The standard InChI is InChI=1S/C21H20N6O2S.C4H10O/c1-27(10-8-13-6-7-16(29-2)24-11-13)21(28)14-12-30-20-17(14)18(22)25-19(26-20)15-5-3-4-9-23-15;1-3-5-4-2/h3-7,9,11-12H,8,10H2,1-2H3,(H2,22,25,26);3-4H2,1-2H3. The van der Waals surface area contributed by atoms with E-state index in [1.165, 1.54) is 11.3 Å². The molecule has 1 amide bonds. The first-order valence-electron chi connectivity index (χ1n) is 11.3. The molecule has 0 aliphatic rings. The zero-order valence-corrected chi connectivity index (χ0v) is 21.2. The van der Waals surface area contributed by atoms with Crippen molar-refractivity contribution in [3.8, 4) is 17.4 Å². The van der Waals surface area contributed by atoms with Crippen molar-refractivity contribution in [2.75, 3.05) is 39.6 Å². The SMILES string of the molecule is CCOCC.COc1ccc(CCN(C)C(=O)c2csc3nc(-c4ccccn4)nc(N)c23)cn1. The summed E-state index contributed by atoms with van der Waals surface area (Å²) in [4.78, 5) is 32.7. The van der Waals surface area contributed by atoms with Crippen LogP contribution in [-0.2, 0) is 11.2 Å². The topological polar surface area (TPSA) is 116 Å². The van der Waals surface area contributed by atoms with Crippen LogP contribution in [0.1, 0.15) is 29.8 Å². The van der Waals surface area contributed by atoms with Crippen LogP contribution >= 0.6 is 11.3 Å². The predicted molar refractivity (Wildman–Crippen MR) is 139 cm³/mol. The lowest BCUT2D eigenvalue weighted by Gasteiger charge is -2.17. The Kier molecular flexibility index (Phi) is 9.45. The number of pyridine rings is 2. The number of methoxy groups -OCH3 is 1. The Hall–Kier alpha value is -3.63. The van der Waals surface area contributed by atoms with Crippen molar-refractivity contribution in [1.82, 2.24) is 24.8 Å². The monoisotopic (exact) mass is 494 g/mol. The number of nitrogens with two attached hydrogens (primary N) is 1. The number of carbonyl (C=O) groups excluding carboxylic acids is 1. The molecule has 0 bridgehead atoms. The maximum absolute atomic E-state index is 13.0. The van der Waals surface area contributed by atoms with Gasteiger partial charge in [-0.15, -0.1) is 11.3 Å². The summed E-state index contributed by atoms with van der Waals surface area (Å²) in [5, 5.41) is 2.37. The largest absolute Gasteiger partial charge is 0.481 e. The maximum Gasteiger partial charge on any atom is 0.255 e. The Labute approximate surface area is 209 Å². The lowest BCUT2D eigenvalue weighted by molar-refractivity contribution is 0.0799. The van der Waals surface area contributed by atoms with E-state index in [0.29, 0.717) is 46.1 Å². The van der Waals surface area contributed by atoms with Crippen LogP contribution in [0.25, 0.3) is 21.7 Å². The Morgan fingerprint density at radius 1 is 1.11 bits per heavy atom. The lowest BCUT2D eigenvalue weighted by atomic mass is 10.1. The molecule has 0 aliphatic carbocycles. The molecule has 4 aromatic heterocycles. The third-order valence-corrected chi connectivity index (χ3v) is 5.96. The second-order valence-corrected chi connectivity index (χ2v) is 8.30. The van der Waals surface area contributed by atoms with Gasteiger partial charge in [-0.1, -0.05) is 12.1 Å². The number of rotatable bonds is 8. The summed E-state index contributed by atoms with van der Waals surface area (Å²) < 4.78 is 9.90. The van der Waals surface area contributed by atoms with Crippen LogP contribution in [0.15, 0.2) is 48.1 Å². The molecular formula is C25H30N6O3S. The molecule has 0 saturated carbocycles. The highest BCUT2D eigenvalue weighted by Crippen LogP contribution is 2.31. The first kappa shape index (κ1) is 26.0. The van der Waals surface area contributed by atoms with Crippen molar-refractivity contribution >= 4 is 33.3 Å². The normalized spacial score (nSPS) is 10.5. The molecular weight excluding hydrogens is 464 g/mol. The van der Waals surface area contributed by atoms with Gasteiger partial charge in [-0.3, -0.25) is 9.78 Å². The second-order valence-electron chi connectivity index (χ2n) is 7.44. The zero-order valence-electron chi connectivity index (χ0n) is 20.4. The molecule has 4 rings (SSSR count).